The maximum Gasteiger partial charge on any atom is 0.236 e. The third-order valence-corrected chi connectivity index (χ3v) is 2.92. The van der Waals surface area contributed by atoms with Crippen LogP contribution < -0.4 is 10.6 Å². The van der Waals surface area contributed by atoms with Gasteiger partial charge in [0.05, 0.1) is 6.04 Å². The van der Waals surface area contributed by atoms with Crippen molar-refractivity contribution in [2.24, 2.45) is 0 Å². The second-order valence-electron chi connectivity index (χ2n) is 4.73. The lowest BCUT2D eigenvalue weighted by molar-refractivity contribution is -0.122. The quantitative estimate of drug-likeness (QED) is 0.547. The first-order valence-electron chi connectivity index (χ1n) is 7.23. The molecular formula is C14H30N2O. The molecule has 0 aliphatic heterocycles. The van der Waals surface area contributed by atoms with Gasteiger partial charge < -0.3 is 10.6 Å². The summed E-state index contributed by atoms with van der Waals surface area (Å²) in [6.45, 7) is 7.96. The molecule has 2 N–H and O–H groups in total. The summed E-state index contributed by atoms with van der Waals surface area (Å²) in [7, 11) is 0. The molecule has 3 heteroatoms. The predicted molar refractivity (Wildman–Crippen MR) is 74.1 cm³/mol. The van der Waals surface area contributed by atoms with Crippen molar-refractivity contribution in [3.8, 4) is 0 Å². The minimum atomic E-state index is -0.0582. The van der Waals surface area contributed by atoms with Gasteiger partial charge in [0.2, 0.25) is 5.91 Å². The van der Waals surface area contributed by atoms with Gasteiger partial charge >= 0.3 is 0 Å². The molecule has 1 atom stereocenters. The van der Waals surface area contributed by atoms with Gasteiger partial charge in [0, 0.05) is 6.54 Å². The molecule has 0 saturated carbocycles. The van der Waals surface area contributed by atoms with E-state index in [0.717, 1.165) is 19.5 Å². The van der Waals surface area contributed by atoms with Crippen molar-refractivity contribution in [1.29, 1.82) is 0 Å². The monoisotopic (exact) mass is 242 g/mol. The minimum absolute atomic E-state index is 0.0582. The van der Waals surface area contributed by atoms with Crippen molar-refractivity contribution in [2.75, 3.05) is 13.1 Å². The Kier molecular flexibility index (Phi) is 11.5. The zero-order chi connectivity index (χ0) is 12.9. The molecule has 0 rings (SSSR count). The van der Waals surface area contributed by atoms with Gasteiger partial charge in [-0.2, -0.15) is 0 Å². The summed E-state index contributed by atoms with van der Waals surface area (Å²) in [5.74, 6) is 0.123. The Morgan fingerprint density at radius 2 is 1.59 bits per heavy atom. The predicted octanol–water partition coefficient (Wildman–Crippen LogP) is 2.85. The first-order valence-corrected chi connectivity index (χ1v) is 7.23. The van der Waals surface area contributed by atoms with Gasteiger partial charge in [0.15, 0.2) is 0 Å². The van der Waals surface area contributed by atoms with Crippen LogP contribution in [0.25, 0.3) is 0 Å². The Morgan fingerprint density at radius 3 is 2.24 bits per heavy atom. The lowest BCUT2D eigenvalue weighted by Crippen LogP contribution is -2.42. The molecule has 17 heavy (non-hydrogen) atoms. The van der Waals surface area contributed by atoms with Crippen molar-refractivity contribution in [3.63, 3.8) is 0 Å². The largest absolute Gasteiger partial charge is 0.355 e. The smallest absolute Gasteiger partial charge is 0.236 e. The fraction of sp³-hybridized carbons (Fsp3) is 0.929. The van der Waals surface area contributed by atoms with Gasteiger partial charge in [-0.05, 0) is 26.3 Å². The van der Waals surface area contributed by atoms with Crippen LogP contribution in [0.15, 0.2) is 0 Å². The van der Waals surface area contributed by atoms with Crippen LogP contribution in [-0.2, 0) is 4.79 Å². The Labute approximate surface area is 107 Å². The number of carbonyl (C=O) groups is 1. The van der Waals surface area contributed by atoms with E-state index in [0.29, 0.717) is 0 Å². The highest BCUT2D eigenvalue weighted by atomic mass is 16.2. The van der Waals surface area contributed by atoms with E-state index >= 15 is 0 Å². The van der Waals surface area contributed by atoms with Crippen molar-refractivity contribution in [1.82, 2.24) is 10.6 Å². The van der Waals surface area contributed by atoms with Gasteiger partial charge in [-0.3, -0.25) is 4.79 Å². The molecule has 0 aromatic rings. The van der Waals surface area contributed by atoms with Crippen molar-refractivity contribution >= 4 is 5.91 Å². The summed E-state index contributed by atoms with van der Waals surface area (Å²) in [5.41, 5.74) is 0. The number of nitrogens with one attached hydrogen (secondary N) is 2. The standard InChI is InChI=1S/C14H30N2O/c1-4-6-7-8-9-10-12-15-13(3)14(17)16-11-5-2/h13,15H,4-12H2,1-3H3,(H,16,17). The maximum absolute atomic E-state index is 11.5. The average molecular weight is 242 g/mol. The van der Waals surface area contributed by atoms with Crippen LogP contribution in [0.1, 0.15) is 65.7 Å². The molecule has 1 amide bonds. The number of hydrogen-bond acceptors (Lipinski definition) is 2. The summed E-state index contributed by atoms with van der Waals surface area (Å²) >= 11 is 0. The first-order chi connectivity index (χ1) is 8.22. The zero-order valence-corrected chi connectivity index (χ0v) is 11.8. The summed E-state index contributed by atoms with van der Waals surface area (Å²) < 4.78 is 0. The van der Waals surface area contributed by atoms with Crippen molar-refractivity contribution < 1.29 is 4.79 Å². The van der Waals surface area contributed by atoms with Crippen LogP contribution in [0.5, 0.6) is 0 Å². The molecular weight excluding hydrogens is 212 g/mol. The highest BCUT2D eigenvalue weighted by Gasteiger charge is 2.09. The highest BCUT2D eigenvalue weighted by Crippen LogP contribution is 2.04. The molecule has 0 aliphatic rings. The third-order valence-electron chi connectivity index (χ3n) is 2.92. The number of carbonyl (C=O) groups excluding carboxylic acids is 1. The fourth-order valence-corrected chi connectivity index (χ4v) is 1.72. The topological polar surface area (TPSA) is 41.1 Å². The SMILES string of the molecule is CCCCCCCCNC(C)C(=O)NCCC. The number of unbranched alkanes of at least 4 members (excludes halogenated alkanes) is 5. The van der Waals surface area contributed by atoms with Gasteiger partial charge in [0.25, 0.3) is 0 Å². The van der Waals surface area contributed by atoms with E-state index in [4.69, 9.17) is 0 Å². The van der Waals surface area contributed by atoms with Gasteiger partial charge in [0.1, 0.15) is 0 Å². The van der Waals surface area contributed by atoms with E-state index in [1.807, 2.05) is 6.92 Å². The normalized spacial score (nSPS) is 12.4. The van der Waals surface area contributed by atoms with Crippen molar-refractivity contribution in [3.05, 3.63) is 0 Å². The molecule has 0 aromatic heterocycles. The van der Waals surface area contributed by atoms with E-state index in [9.17, 15) is 4.79 Å². The molecule has 0 radical (unpaired) electrons. The molecule has 3 nitrogen and oxygen atoms in total. The Hall–Kier alpha value is -0.570. The van der Waals surface area contributed by atoms with Gasteiger partial charge in [-0.25, -0.2) is 0 Å². The summed E-state index contributed by atoms with van der Waals surface area (Å²) in [6.07, 6.45) is 8.77. The lowest BCUT2D eigenvalue weighted by Gasteiger charge is -2.13. The van der Waals surface area contributed by atoms with Crippen LogP contribution >= 0.6 is 0 Å². The summed E-state index contributed by atoms with van der Waals surface area (Å²) in [4.78, 5) is 11.5. The molecule has 0 aromatic carbocycles. The number of rotatable bonds is 11. The second kappa shape index (κ2) is 11.9. The van der Waals surface area contributed by atoms with E-state index in [1.165, 1.54) is 38.5 Å². The number of hydrogen-bond donors (Lipinski definition) is 2. The van der Waals surface area contributed by atoms with E-state index < -0.39 is 0 Å². The average Bonchev–Trinajstić information content (AvgIpc) is 2.34. The molecule has 102 valence electrons. The van der Waals surface area contributed by atoms with Crippen LogP contribution in [0.2, 0.25) is 0 Å². The zero-order valence-electron chi connectivity index (χ0n) is 11.8. The molecule has 0 saturated heterocycles. The third kappa shape index (κ3) is 10.3. The first kappa shape index (κ1) is 16.4. The molecule has 0 fully saturated rings. The Balaban J connectivity index is 3.32. The molecule has 0 aliphatic carbocycles. The minimum Gasteiger partial charge on any atom is -0.355 e. The summed E-state index contributed by atoms with van der Waals surface area (Å²) in [5, 5.41) is 6.17. The maximum atomic E-state index is 11.5. The van der Waals surface area contributed by atoms with Crippen LogP contribution in [0, 0.1) is 0 Å². The van der Waals surface area contributed by atoms with Crippen LogP contribution in [0.3, 0.4) is 0 Å². The molecule has 0 spiro atoms. The highest BCUT2D eigenvalue weighted by molar-refractivity contribution is 5.81. The lowest BCUT2D eigenvalue weighted by atomic mass is 10.1. The number of amides is 1. The second-order valence-corrected chi connectivity index (χ2v) is 4.73. The van der Waals surface area contributed by atoms with E-state index in [1.54, 1.807) is 0 Å². The van der Waals surface area contributed by atoms with Crippen molar-refractivity contribution in [2.45, 2.75) is 71.8 Å². The van der Waals surface area contributed by atoms with Gasteiger partial charge in [-0.15, -0.1) is 0 Å². The molecule has 0 bridgehead atoms. The van der Waals surface area contributed by atoms with Crippen LogP contribution in [-0.4, -0.2) is 25.0 Å². The van der Waals surface area contributed by atoms with Gasteiger partial charge in [-0.1, -0.05) is 46.0 Å². The Bertz CT molecular complexity index is 183. The van der Waals surface area contributed by atoms with E-state index in [-0.39, 0.29) is 11.9 Å². The molecule has 0 heterocycles. The summed E-state index contributed by atoms with van der Waals surface area (Å²) in [6, 6.07) is -0.0582. The molecule has 1 unspecified atom stereocenters. The van der Waals surface area contributed by atoms with Crippen LogP contribution in [0.4, 0.5) is 0 Å². The Morgan fingerprint density at radius 1 is 0.941 bits per heavy atom. The fourth-order valence-electron chi connectivity index (χ4n) is 1.72. The van der Waals surface area contributed by atoms with E-state index in [2.05, 4.69) is 24.5 Å².